The van der Waals surface area contributed by atoms with E-state index >= 15 is 0 Å². The predicted octanol–water partition coefficient (Wildman–Crippen LogP) is 2.82. The van der Waals surface area contributed by atoms with Gasteiger partial charge < -0.3 is 10.2 Å². The molecule has 104 valence electrons. The molecule has 0 aliphatic heterocycles. The van der Waals surface area contributed by atoms with Crippen LogP contribution in [-0.2, 0) is 0 Å². The number of allylic oxidation sites excluding steroid dienone is 1. The SMILES string of the molecule is C=CC(O)C#CC#CC(O)/C=C\CCCCCCC. The van der Waals surface area contributed by atoms with Gasteiger partial charge in [-0.3, -0.25) is 0 Å². The fourth-order valence-corrected chi connectivity index (χ4v) is 1.42. The van der Waals surface area contributed by atoms with Crippen molar-refractivity contribution in [2.45, 2.75) is 57.7 Å². The summed E-state index contributed by atoms with van der Waals surface area (Å²) in [5.74, 6) is 10.00. The number of hydrogen-bond acceptors (Lipinski definition) is 2. The Morgan fingerprint density at radius 3 is 2.26 bits per heavy atom. The minimum atomic E-state index is -0.856. The Morgan fingerprint density at radius 1 is 1.00 bits per heavy atom. The van der Waals surface area contributed by atoms with E-state index in [-0.39, 0.29) is 0 Å². The van der Waals surface area contributed by atoms with Gasteiger partial charge in [0.25, 0.3) is 0 Å². The molecule has 2 atom stereocenters. The predicted molar refractivity (Wildman–Crippen MR) is 80.3 cm³/mol. The summed E-state index contributed by atoms with van der Waals surface area (Å²) in [6.45, 7) is 5.59. The first-order valence-electron chi connectivity index (χ1n) is 6.87. The maximum atomic E-state index is 9.50. The minimum absolute atomic E-state index is 0.786. The van der Waals surface area contributed by atoms with Gasteiger partial charge in [-0.2, -0.15) is 0 Å². The van der Waals surface area contributed by atoms with Crippen LogP contribution in [0.25, 0.3) is 0 Å². The lowest BCUT2D eigenvalue weighted by Crippen LogP contribution is -1.97. The molecule has 0 aromatic rings. The van der Waals surface area contributed by atoms with E-state index in [0.717, 1.165) is 12.8 Å². The lowest BCUT2D eigenvalue weighted by molar-refractivity contribution is 0.280. The molecule has 0 aliphatic carbocycles. The van der Waals surface area contributed by atoms with Gasteiger partial charge in [-0.15, -0.1) is 0 Å². The molecule has 0 heterocycles. The molecule has 19 heavy (non-hydrogen) atoms. The first-order valence-corrected chi connectivity index (χ1v) is 6.87. The molecule has 0 saturated carbocycles. The smallest absolute Gasteiger partial charge is 0.134 e. The zero-order valence-corrected chi connectivity index (χ0v) is 11.7. The van der Waals surface area contributed by atoms with E-state index in [4.69, 9.17) is 5.11 Å². The second-order valence-electron chi connectivity index (χ2n) is 4.30. The molecule has 0 aliphatic rings. The van der Waals surface area contributed by atoms with Gasteiger partial charge in [0.05, 0.1) is 0 Å². The minimum Gasteiger partial charge on any atom is -0.377 e. The van der Waals surface area contributed by atoms with Gasteiger partial charge in [0, 0.05) is 0 Å². The monoisotopic (exact) mass is 260 g/mol. The molecule has 0 amide bonds. The highest BCUT2D eigenvalue weighted by atomic mass is 16.3. The van der Waals surface area contributed by atoms with Crippen molar-refractivity contribution in [1.82, 2.24) is 0 Å². The van der Waals surface area contributed by atoms with Crippen molar-refractivity contribution >= 4 is 0 Å². The van der Waals surface area contributed by atoms with Gasteiger partial charge in [-0.1, -0.05) is 63.2 Å². The van der Waals surface area contributed by atoms with Crippen molar-refractivity contribution in [2.75, 3.05) is 0 Å². The third-order valence-corrected chi connectivity index (χ3v) is 2.52. The van der Waals surface area contributed by atoms with Crippen molar-refractivity contribution in [3.8, 4) is 23.7 Å². The number of hydrogen-bond donors (Lipinski definition) is 2. The van der Waals surface area contributed by atoms with Crippen LogP contribution >= 0.6 is 0 Å². The van der Waals surface area contributed by atoms with Crippen molar-refractivity contribution in [2.24, 2.45) is 0 Å². The van der Waals surface area contributed by atoms with Crippen molar-refractivity contribution < 1.29 is 10.2 Å². The van der Waals surface area contributed by atoms with Crippen LogP contribution in [0.1, 0.15) is 45.4 Å². The van der Waals surface area contributed by atoms with E-state index in [0.29, 0.717) is 0 Å². The second-order valence-corrected chi connectivity index (χ2v) is 4.30. The average molecular weight is 260 g/mol. The molecule has 2 unspecified atom stereocenters. The lowest BCUT2D eigenvalue weighted by Gasteiger charge is -1.97. The van der Waals surface area contributed by atoms with Gasteiger partial charge in [-0.05, 0) is 30.8 Å². The van der Waals surface area contributed by atoms with Gasteiger partial charge in [0.2, 0.25) is 0 Å². The summed E-state index contributed by atoms with van der Waals surface area (Å²) in [7, 11) is 0. The van der Waals surface area contributed by atoms with Crippen LogP contribution in [0.5, 0.6) is 0 Å². The van der Waals surface area contributed by atoms with Gasteiger partial charge in [-0.25, -0.2) is 0 Å². The maximum absolute atomic E-state index is 9.50. The Morgan fingerprint density at radius 2 is 1.63 bits per heavy atom. The van der Waals surface area contributed by atoms with Gasteiger partial charge in [0.15, 0.2) is 0 Å². The lowest BCUT2D eigenvalue weighted by atomic mass is 10.1. The summed E-state index contributed by atoms with van der Waals surface area (Å²) in [5.41, 5.74) is 0. The quantitative estimate of drug-likeness (QED) is 0.400. The standard InChI is InChI=1S/C17H24O2/c1-3-5-6-7-8-9-10-14-17(19)15-12-11-13-16(18)4-2/h4,10,14,16-19H,2-3,5-9H2,1H3/b14-10-. The van der Waals surface area contributed by atoms with Crippen molar-refractivity contribution in [1.29, 1.82) is 0 Å². The van der Waals surface area contributed by atoms with Crippen LogP contribution in [-0.4, -0.2) is 22.4 Å². The molecule has 0 bridgehead atoms. The highest BCUT2D eigenvalue weighted by Crippen LogP contribution is 2.05. The Balaban J connectivity index is 3.78. The molecular formula is C17H24O2. The topological polar surface area (TPSA) is 40.5 Å². The first kappa shape index (κ1) is 17.5. The third kappa shape index (κ3) is 12.8. The summed E-state index contributed by atoms with van der Waals surface area (Å²) in [5, 5.41) is 18.6. The summed E-state index contributed by atoms with van der Waals surface area (Å²) in [6.07, 6.45) is 10.5. The zero-order chi connectivity index (χ0) is 14.3. The fraction of sp³-hybridized carbons (Fsp3) is 0.529. The summed E-state index contributed by atoms with van der Waals surface area (Å²) < 4.78 is 0. The molecule has 2 nitrogen and oxygen atoms in total. The molecule has 0 saturated heterocycles. The van der Waals surface area contributed by atoms with E-state index in [2.05, 4.69) is 37.2 Å². The maximum Gasteiger partial charge on any atom is 0.134 e. The molecule has 0 radical (unpaired) electrons. The Bertz CT molecular complexity index is 374. The van der Waals surface area contributed by atoms with Crippen LogP contribution < -0.4 is 0 Å². The molecule has 0 aromatic heterocycles. The molecular weight excluding hydrogens is 236 g/mol. The number of rotatable bonds is 8. The highest BCUT2D eigenvalue weighted by Gasteiger charge is 1.91. The van der Waals surface area contributed by atoms with Crippen molar-refractivity contribution in [3.05, 3.63) is 24.8 Å². The van der Waals surface area contributed by atoms with E-state index in [1.807, 2.05) is 6.08 Å². The Kier molecular flexibility index (Phi) is 12.0. The molecule has 2 N–H and O–H groups in total. The summed E-state index contributed by atoms with van der Waals surface area (Å²) in [4.78, 5) is 0. The van der Waals surface area contributed by atoms with Crippen LogP contribution in [0.2, 0.25) is 0 Å². The number of aliphatic hydroxyl groups excluding tert-OH is 2. The third-order valence-electron chi connectivity index (χ3n) is 2.52. The van der Waals surface area contributed by atoms with E-state index in [1.54, 1.807) is 6.08 Å². The summed E-state index contributed by atoms with van der Waals surface area (Å²) >= 11 is 0. The van der Waals surface area contributed by atoms with Gasteiger partial charge >= 0.3 is 0 Å². The highest BCUT2D eigenvalue weighted by molar-refractivity contribution is 5.31. The molecule has 0 aromatic carbocycles. The summed E-state index contributed by atoms with van der Waals surface area (Å²) in [6, 6.07) is 0. The Labute approximate surface area is 117 Å². The largest absolute Gasteiger partial charge is 0.377 e. The van der Waals surface area contributed by atoms with E-state index < -0.39 is 12.2 Å². The second kappa shape index (κ2) is 13.0. The zero-order valence-electron chi connectivity index (χ0n) is 11.7. The first-order chi connectivity index (χ1) is 9.20. The van der Waals surface area contributed by atoms with Crippen LogP contribution in [0.4, 0.5) is 0 Å². The van der Waals surface area contributed by atoms with E-state index in [9.17, 15) is 5.11 Å². The van der Waals surface area contributed by atoms with Crippen LogP contribution in [0.15, 0.2) is 24.8 Å². The average Bonchev–Trinajstić information content (AvgIpc) is 2.42. The van der Waals surface area contributed by atoms with Crippen LogP contribution in [0, 0.1) is 23.7 Å². The molecule has 0 spiro atoms. The number of aliphatic hydroxyl groups is 2. The molecule has 0 rings (SSSR count). The van der Waals surface area contributed by atoms with E-state index in [1.165, 1.54) is 31.8 Å². The van der Waals surface area contributed by atoms with Crippen molar-refractivity contribution in [3.63, 3.8) is 0 Å². The molecule has 2 heteroatoms. The van der Waals surface area contributed by atoms with Gasteiger partial charge in [0.1, 0.15) is 12.2 Å². The fourth-order valence-electron chi connectivity index (χ4n) is 1.42. The molecule has 0 fully saturated rings. The Hall–Kier alpha value is -1.48. The van der Waals surface area contributed by atoms with Crippen LogP contribution in [0.3, 0.4) is 0 Å². The normalized spacial score (nSPS) is 13.0. The number of unbranched alkanes of at least 4 members (excludes halogenated alkanes) is 5.